The van der Waals surface area contributed by atoms with Crippen molar-refractivity contribution in [1.29, 1.82) is 0 Å². The summed E-state index contributed by atoms with van der Waals surface area (Å²) in [5.74, 6) is -0.155. The first-order valence-corrected chi connectivity index (χ1v) is 7.02. The van der Waals surface area contributed by atoms with Crippen LogP contribution in [-0.2, 0) is 4.79 Å². The van der Waals surface area contributed by atoms with Crippen LogP contribution in [0, 0.1) is 6.92 Å². The van der Waals surface area contributed by atoms with Crippen LogP contribution in [0.15, 0.2) is 24.5 Å². The normalized spacial score (nSPS) is 12.1. The maximum absolute atomic E-state index is 12.0. The predicted molar refractivity (Wildman–Crippen MR) is 80.0 cm³/mol. The standard InChI is InChI=1S/C14H20N6O/c1-3-4-5-12(15)14(21)17-11-6-7-13(10(2)8-11)20-9-16-18-19-20/h6-9,12H,3-5,15H2,1-2H3,(H,17,21). The average Bonchev–Trinajstić information content (AvgIpc) is 2.98. The van der Waals surface area contributed by atoms with Crippen LogP contribution in [0.5, 0.6) is 0 Å². The van der Waals surface area contributed by atoms with Crippen LogP contribution in [0.3, 0.4) is 0 Å². The van der Waals surface area contributed by atoms with E-state index < -0.39 is 6.04 Å². The van der Waals surface area contributed by atoms with Gasteiger partial charge in [0.2, 0.25) is 5.91 Å². The van der Waals surface area contributed by atoms with Crippen LogP contribution in [0.25, 0.3) is 5.69 Å². The van der Waals surface area contributed by atoms with Gasteiger partial charge in [-0.25, -0.2) is 4.68 Å². The SMILES string of the molecule is CCCCC(N)C(=O)Nc1ccc(-n2cnnn2)c(C)c1. The molecule has 112 valence electrons. The van der Waals surface area contributed by atoms with E-state index in [1.165, 1.54) is 6.33 Å². The summed E-state index contributed by atoms with van der Waals surface area (Å²) in [5, 5.41) is 13.9. The van der Waals surface area contributed by atoms with E-state index in [0.29, 0.717) is 6.42 Å². The zero-order valence-electron chi connectivity index (χ0n) is 12.3. The molecule has 0 aliphatic carbocycles. The van der Waals surface area contributed by atoms with Gasteiger partial charge in [-0.2, -0.15) is 0 Å². The predicted octanol–water partition coefficient (Wildman–Crippen LogP) is 1.43. The third-order valence-electron chi connectivity index (χ3n) is 3.27. The molecule has 3 N–H and O–H groups in total. The van der Waals surface area contributed by atoms with Crippen molar-refractivity contribution in [3.8, 4) is 5.69 Å². The van der Waals surface area contributed by atoms with Crippen molar-refractivity contribution < 1.29 is 4.79 Å². The van der Waals surface area contributed by atoms with Gasteiger partial charge in [0, 0.05) is 5.69 Å². The fraction of sp³-hybridized carbons (Fsp3) is 0.429. The Hall–Kier alpha value is -2.28. The summed E-state index contributed by atoms with van der Waals surface area (Å²) in [6, 6.07) is 5.08. The number of rotatable bonds is 6. The van der Waals surface area contributed by atoms with Crippen LogP contribution in [0.4, 0.5) is 5.69 Å². The molecule has 0 spiro atoms. The molecule has 1 atom stereocenters. The lowest BCUT2D eigenvalue weighted by Crippen LogP contribution is -2.35. The number of aryl methyl sites for hydroxylation is 1. The maximum Gasteiger partial charge on any atom is 0.241 e. The minimum atomic E-state index is -0.468. The highest BCUT2D eigenvalue weighted by atomic mass is 16.2. The molecular formula is C14H20N6O. The number of benzene rings is 1. The van der Waals surface area contributed by atoms with Crippen molar-refractivity contribution >= 4 is 11.6 Å². The fourth-order valence-corrected chi connectivity index (χ4v) is 2.05. The molecule has 7 heteroatoms. The van der Waals surface area contributed by atoms with Crippen molar-refractivity contribution in [2.75, 3.05) is 5.32 Å². The van der Waals surface area contributed by atoms with E-state index in [9.17, 15) is 4.79 Å². The van der Waals surface area contributed by atoms with Crippen LogP contribution in [-0.4, -0.2) is 32.2 Å². The quantitative estimate of drug-likeness (QED) is 0.837. The number of tetrazole rings is 1. The third-order valence-corrected chi connectivity index (χ3v) is 3.27. The summed E-state index contributed by atoms with van der Waals surface area (Å²) in [5.41, 5.74) is 8.41. The Morgan fingerprint density at radius 1 is 1.48 bits per heavy atom. The van der Waals surface area contributed by atoms with Crippen molar-refractivity contribution in [1.82, 2.24) is 20.2 Å². The number of nitrogens with one attached hydrogen (secondary N) is 1. The summed E-state index contributed by atoms with van der Waals surface area (Å²) >= 11 is 0. The molecule has 1 unspecified atom stereocenters. The molecular weight excluding hydrogens is 268 g/mol. The molecule has 2 rings (SSSR count). The van der Waals surface area contributed by atoms with Crippen LogP contribution < -0.4 is 11.1 Å². The maximum atomic E-state index is 12.0. The summed E-state index contributed by atoms with van der Waals surface area (Å²) in [4.78, 5) is 12.0. The van der Waals surface area contributed by atoms with Gasteiger partial charge in [-0.05, 0) is 47.5 Å². The number of nitrogens with zero attached hydrogens (tertiary/aromatic N) is 4. The van der Waals surface area contributed by atoms with Gasteiger partial charge in [0.25, 0.3) is 0 Å². The second-order valence-electron chi connectivity index (χ2n) is 4.99. The van der Waals surface area contributed by atoms with E-state index in [2.05, 4.69) is 27.8 Å². The molecule has 1 amide bonds. The molecule has 0 radical (unpaired) electrons. The van der Waals surface area contributed by atoms with Crippen molar-refractivity contribution in [2.24, 2.45) is 5.73 Å². The molecule has 1 aromatic heterocycles. The van der Waals surface area contributed by atoms with Crippen LogP contribution >= 0.6 is 0 Å². The first-order valence-electron chi connectivity index (χ1n) is 7.02. The smallest absolute Gasteiger partial charge is 0.241 e. The van der Waals surface area contributed by atoms with E-state index in [1.54, 1.807) is 4.68 Å². The van der Waals surface area contributed by atoms with E-state index in [4.69, 9.17) is 5.73 Å². The van der Waals surface area contributed by atoms with Crippen molar-refractivity contribution in [3.05, 3.63) is 30.1 Å². The van der Waals surface area contributed by atoms with Crippen molar-refractivity contribution in [2.45, 2.75) is 39.2 Å². The summed E-state index contributed by atoms with van der Waals surface area (Å²) < 4.78 is 1.58. The lowest BCUT2D eigenvalue weighted by Gasteiger charge is -2.13. The van der Waals surface area contributed by atoms with Gasteiger partial charge in [-0.15, -0.1) is 5.10 Å². The molecule has 0 bridgehead atoms. The molecule has 0 fully saturated rings. The fourth-order valence-electron chi connectivity index (χ4n) is 2.05. The molecule has 21 heavy (non-hydrogen) atoms. The molecule has 0 aliphatic heterocycles. The Labute approximate surface area is 123 Å². The molecule has 2 aromatic rings. The van der Waals surface area contributed by atoms with E-state index in [0.717, 1.165) is 29.8 Å². The topological polar surface area (TPSA) is 98.7 Å². The lowest BCUT2D eigenvalue weighted by atomic mass is 10.1. The zero-order valence-corrected chi connectivity index (χ0v) is 12.3. The second kappa shape index (κ2) is 6.94. The Kier molecular flexibility index (Phi) is 4.99. The largest absolute Gasteiger partial charge is 0.325 e. The highest BCUT2D eigenvalue weighted by molar-refractivity contribution is 5.94. The number of unbranched alkanes of at least 4 members (excludes halogenated alkanes) is 1. The van der Waals surface area contributed by atoms with Gasteiger partial charge in [0.1, 0.15) is 6.33 Å². The molecule has 0 saturated heterocycles. The Balaban J connectivity index is 2.05. The molecule has 1 aromatic carbocycles. The number of hydrogen-bond donors (Lipinski definition) is 2. The van der Waals surface area contributed by atoms with Gasteiger partial charge >= 0.3 is 0 Å². The van der Waals surface area contributed by atoms with E-state index >= 15 is 0 Å². The number of anilines is 1. The summed E-state index contributed by atoms with van der Waals surface area (Å²) in [7, 11) is 0. The molecule has 0 saturated carbocycles. The first kappa shape index (κ1) is 15.1. The van der Waals surface area contributed by atoms with Crippen molar-refractivity contribution in [3.63, 3.8) is 0 Å². The monoisotopic (exact) mass is 288 g/mol. The lowest BCUT2D eigenvalue weighted by molar-refractivity contribution is -0.117. The Morgan fingerprint density at radius 2 is 2.29 bits per heavy atom. The first-order chi connectivity index (χ1) is 10.1. The third kappa shape index (κ3) is 3.85. The van der Waals surface area contributed by atoms with Gasteiger partial charge in [-0.1, -0.05) is 19.8 Å². The molecule has 1 heterocycles. The zero-order chi connectivity index (χ0) is 15.2. The van der Waals surface area contributed by atoms with Gasteiger partial charge in [-0.3, -0.25) is 4.79 Å². The Bertz CT molecular complexity index is 596. The minimum absolute atomic E-state index is 0.155. The van der Waals surface area contributed by atoms with Crippen LogP contribution in [0.2, 0.25) is 0 Å². The number of carbonyl (C=O) groups is 1. The molecule has 7 nitrogen and oxygen atoms in total. The van der Waals surface area contributed by atoms with Gasteiger partial charge in [0.05, 0.1) is 11.7 Å². The number of amides is 1. The highest BCUT2D eigenvalue weighted by Gasteiger charge is 2.13. The second-order valence-corrected chi connectivity index (χ2v) is 4.99. The van der Waals surface area contributed by atoms with E-state index in [-0.39, 0.29) is 5.91 Å². The number of carbonyl (C=O) groups excluding carboxylic acids is 1. The summed E-state index contributed by atoms with van der Waals surface area (Å²) in [6.07, 6.45) is 4.21. The number of nitrogens with two attached hydrogens (primary N) is 1. The minimum Gasteiger partial charge on any atom is -0.325 e. The summed E-state index contributed by atoms with van der Waals surface area (Å²) in [6.45, 7) is 4.01. The average molecular weight is 288 g/mol. The van der Waals surface area contributed by atoms with E-state index in [1.807, 2.05) is 25.1 Å². The Morgan fingerprint density at radius 3 is 2.90 bits per heavy atom. The van der Waals surface area contributed by atoms with Gasteiger partial charge in [0.15, 0.2) is 0 Å². The number of aromatic nitrogens is 4. The van der Waals surface area contributed by atoms with Gasteiger partial charge < -0.3 is 11.1 Å². The number of hydrogen-bond acceptors (Lipinski definition) is 5. The highest BCUT2D eigenvalue weighted by Crippen LogP contribution is 2.18. The van der Waals surface area contributed by atoms with Crippen LogP contribution in [0.1, 0.15) is 31.7 Å². The molecule has 0 aliphatic rings.